The number of anilines is 1. The molecule has 1 heterocycles. The maximum atomic E-state index is 12.1. The van der Waals surface area contributed by atoms with Crippen LogP contribution in [0, 0.1) is 0 Å². The van der Waals surface area contributed by atoms with Gasteiger partial charge in [-0.2, -0.15) is 13.2 Å². The van der Waals surface area contributed by atoms with Gasteiger partial charge in [0.15, 0.2) is 0 Å². The van der Waals surface area contributed by atoms with E-state index in [-0.39, 0.29) is 6.42 Å². The van der Waals surface area contributed by atoms with E-state index in [1.807, 2.05) is 12.1 Å². The number of nitrogens with zero attached hydrogens (tertiary/aromatic N) is 2. The average Bonchev–Trinajstić information content (AvgIpc) is 2.47. The van der Waals surface area contributed by atoms with Gasteiger partial charge in [-0.25, -0.2) is 0 Å². The Balaban J connectivity index is 1.78. The van der Waals surface area contributed by atoms with Gasteiger partial charge >= 0.3 is 6.18 Å². The second-order valence-electron chi connectivity index (χ2n) is 5.46. The van der Waals surface area contributed by atoms with Gasteiger partial charge in [0.25, 0.3) is 0 Å². The third-order valence-corrected chi connectivity index (χ3v) is 3.82. The first-order valence-electron chi connectivity index (χ1n) is 7.29. The van der Waals surface area contributed by atoms with Crippen LogP contribution in [0.15, 0.2) is 24.3 Å². The summed E-state index contributed by atoms with van der Waals surface area (Å²) in [4.78, 5) is 15.2. The summed E-state index contributed by atoms with van der Waals surface area (Å²) in [6.07, 6.45) is -4.64. The van der Waals surface area contributed by atoms with Crippen molar-refractivity contribution in [2.45, 2.75) is 19.0 Å². The number of hydrogen-bond donors (Lipinski definition) is 1. The standard InChI is InChI=1S/C15H20F3N3O/c16-15(17,18)6-1-7-20-8-10-21(11-9-20)13-4-2-12(3-5-13)14(19)22/h2-5H,1,6-11H2,(H2,19,22). The van der Waals surface area contributed by atoms with E-state index in [0.29, 0.717) is 12.1 Å². The van der Waals surface area contributed by atoms with Crippen LogP contribution in [0.3, 0.4) is 0 Å². The third kappa shape index (κ3) is 4.91. The van der Waals surface area contributed by atoms with Crippen molar-refractivity contribution in [1.82, 2.24) is 4.90 Å². The Morgan fingerprint density at radius 3 is 2.18 bits per heavy atom. The fourth-order valence-corrected chi connectivity index (χ4v) is 2.57. The second-order valence-corrected chi connectivity index (χ2v) is 5.46. The summed E-state index contributed by atoms with van der Waals surface area (Å²) in [5, 5.41) is 0. The van der Waals surface area contributed by atoms with Crippen LogP contribution in [0.5, 0.6) is 0 Å². The molecule has 1 aromatic carbocycles. The fourth-order valence-electron chi connectivity index (χ4n) is 2.57. The van der Waals surface area contributed by atoms with Gasteiger partial charge in [0, 0.05) is 43.9 Å². The first-order valence-corrected chi connectivity index (χ1v) is 7.29. The number of piperazine rings is 1. The zero-order chi connectivity index (χ0) is 16.2. The average molecular weight is 315 g/mol. The molecule has 1 aliphatic rings. The Morgan fingerprint density at radius 2 is 1.68 bits per heavy atom. The molecule has 1 aromatic rings. The molecule has 22 heavy (non-hydrogen) atoms. The zero-order valence-electron chi connectivity index (χ0n) is 12.3. The molecule has 122 valence electrons. The van der Waals surface area contributed by atoms with E-state index in [2.05, 4.69) is 9.80 Å². The van der Waals surface area contributed by atoms with Crippen LogP contribution in [-0.4, -0.2) is 49.7 Å². The van der Waals surface area contributed by atoms with E-state index < -0.39 is 18.5 Å². The van der Waals surface area contributed by atoms with E-state index in [1.165, 1.54) is 0 Å². The van der Waals surface area contributed by atoms with Gasteiger partial charge in [-0.15, -0.1) is 0 Å². The summed E-state index contributed by atoms with van der Waals surface area (Å²) >= 11 is 0. The Morgan fingerprint density at radius 1 is 1.09 bits per heavy atom. The number of rotatable bonds is 5. The number of amides is 1. The third-order valence-electron chi connectivity index (χ3n) is 3.82. The van der Waals surface area contributed by atoms with Crippen molar-refractivity contribution in [2.75, 3.05) is 37.6 Å². The zero-order valence-corrected chi connectivity index (χ0v) is 12.3. The van der Waals surface area contributed by atoms with Gasteiger partial charge in [0.05, 0.1) is 0 Å². The predicted molar refractivity (Wildman–Crippen MR) is 78.9 cm³/mol. The first kappa shape index (κ1) is 16.6. The number of carbonyl (C=O) groups excluding carboxylic acids is 1. The predicted octanol–water partition coefficient (Wildman–Crippen LogP) is 2.25. The van der Waals surface area contributed by atoms with E-state index in [4.69, 9.17) is 5.73 Å². The quantitative estimate of drug-likeness (QED) is 0.907. The van der Waals surface area contributed by atoms with E-state index in [0.717, 1.165) is 31.9 Å². The van der Waals surface area contributed by atoms with Crippen LogP contribution < -0.4 is 10.6 Å². The molecule has 1 amide bonds. The normalized spacial score (nSPS) is 16.8. The number of benzene rings is 1. The minimum absolute atomic E-state index is 0.150. The highest BCUT2D eigenvalue weighted by Crippen LogP contribution is 2.22. The Labute approximate surface area is 127 Å². The highest BCUT2D eigenvalue weighted by Gasteiger charge is 2.27. The van der Waals surface area contributed by atoms with Crippen LogP contribution in [0.1, 0.15) is 23.2 Å². The van der Waals surface area contributed by atoms with E-state index in [1.54, 1.807) is 12.1 Å². The number of hydrogen-bond acceptors (Lipinski definition) is 3. The highest BCUT2D eigenvalue weighted by molar-refractivity contribution is 5.93. The van der Waals surface area contributed by atoms with Gasteiger partial charge in [-0.05, 0) is 37.2 Å². The van der Waals surface area contributed by atoms with Gasteiger partial charge < -0.3 is 10.6 Å². The van der Waals surface area contributed by atoms with Crippen LogP contribution in [0.2, 0.25) is 0 Å². The molecule has 1 aliphatic heterocycles. The summed E-state index contributed by atoms with van der Waals surface area (Å²) < 4.78 is 36.4. The summed E-state index contributed by atoms with van der Waals surface area (Å²) in [5.41, 5.74) is 6.67. The lowest BCUT2D eigenvalue weighted by molar-refractivity contribution is -0.136. The number of primary amides is 1. The van der Waals surface area contributed by atoms with E-state index in [9.17, 15) is 18.0 Å². The molecule has 0 spiro atoms. The molecule has 0 radical (unpaired) electrons. The maximum absolute atomic E-state index is 12.1. The Kier molecular flexibility index (Phi) is 5.28. The van der Waals surface area contributed by atoms with Crippen molar-refractivity contribution in [3.8, 4) is 0 Å². The highest BCUT2D eigenvalue weighted by atomic mass is 19.4. The van der Waals surface area contributed by atoms with Gasteiger partial charge in [-0.1, -0.05) is 0 Å². The molecular weight excluding hydrogens is 295 g/mol. The molecule has 2 rings (SSSR count). The van der Waals surface area contributed by atoms with Crippen molar-refractivity contribution in [1.29, 1.82) is 0 Å². The minimum Gasteiger partial charge on any atom is -0.369 e. The SMILES string of the molecule is NC(=O)c1ccc(N2CCN(CCCC(F)(F)F)CC2)cc1. The molecule has 2 N–H and O–H groups in total. The molecule has 1 fully saturated rings. The molecular formula is C15H20F3N3O. The van der Waals surface area contributed by atoms with Crippen molar-refractivity contribution in [2.24, 2.45) is 5.73 Å². The monoisotopic (exact) mass is 315 g/mol. The van der Waals surface area contributed by atoms with Gasteiger partial charge in [0.1, 0.15) is 0 Å². The summed E-state index contributed by atoms with van der Waals surface area (Å²) in [5.74, 6) is -0.457. The molecule has 0 aliphatic carbocycles. The van der Waals surface area contributed by atoms with Crippen LogP contribution in [0.4, 0.5) is 18.9 Å². The van der Waals surface area contributed by atoms with Gasteiger partial charge in [-0.3, -0.25) is 9.69 Å². The molecule has 0 saturated carbocycles. The fraction of sp³-hybridized carbons (Fsp3) is 0.533. The van der Waals surface area contributed by atoms with Gasteiger partial charge in [0.2, 0.25) is 5.91 Å². The maximum Gasteiger partial charge on any atom is 0.389 e. The second kappa shape index (κ2) is 7.00. The number of carbonyl (C=O) groups is 1. The Bertz CT molecular complexity index is 494. The van der Waals surface area contributed by atoms with Crippen molar-refractivity contribution < 1.29 is 18.0 Å². The number of halogens is 3. The topological polar surface area (TPSA) is 49.6 Å². The molecule has 0 aromatic heterocycles. The Hall–Kier alpha value is -1.76. The summed E-state index contributed by atoms with van der Waals surface area (Å²) in [6, 6.07) is 7.07. The van der Waals surface area contributed by atoms with E-state index >= 15 is 0 Å². The first-order chi connectivity index (χ1) is 10.3. The van der Waals surface area contributed by atoms with Crippen LogP contribution in [0.25, 0.3) is 0 Å². The van der Waals surface area contributed by atoms with Crippen LogP contribution >= 0.6 is 0 Å². The minimum atomic E-state index is -4.07. The largest absolute Gasteiger partial charge is 0.389 e. The van der Waals surface area contributed by atoms with Crippen LogP contribution in [-0.2, 0) is 0 Å². The molecule has 1 saturated heterocycles. The number of nitrogens with two attached hydrogens (primary N) is 1. The number of alkyl halides is 3. The molecule has 7 heteroatoms. The van der Waals surface area contributed by atoms with Crippen molar-refractivity contribution in [3.05, 3.63) is 29.8 Å². The lowest BCUT2D eigenvalue weighted by Crippen LogP contribution is -2.46. The molecule has 0 unspecified atom stereocenters. The molecule has 0 atom stereocenters. The lowest BCUT2D eigenvalue weighted by Gasteiger charge is -2.36. The summed E-state index contributed by atoms with van der Waals surface area (Å²) in [7, 11) is 0. The lowest BCUT2D eigenvalue weighted by atomic mass is 10.1. The van der Waals surface area contributed by atoms with Crippen molar-refractivity contribution >= 4 is 11.6 Å². The molecule has 0 bridgehead atoms. The van der Waals surface area contributed by atoms with Crippen molar-refractivity contribution in [3.63, 3.8) is 0 Å². The summed E-state index contributed by atoms with van der Waals surface area (Å²) in [6.45, 7) is 3.50. The molecule has 4 nitrogen and oxygen atoms in total. The smallest absolute Gasteiger partial charge is 0.369 e.